The fourth-order valence-electron chi connectivity index (χ4n) is 11.5. The molecule has 2 aliphatic heterocycles. The molecule has 0 saturated carbocycles. The van der Waals surface area contributed by atoms with Crippen LogP contribution in [0.25, 0.3) is 33.1 Å². The van der Waals surface area contributed by atoms with Crippen molar-refractivity contribution in [2.75, 3.05) is 9.80 Å². The molecule has 1 aliphatic carbocycles. The Balaban J connectivity index is 1.33. The molecule has 3 heterocycles. The first-order valence-corrected chi connectivity index (χ1v) is 22.7. The average Bonchev–Trinajstić information content (AvgIpc) is 3.61. The van der Waals surface area contributed by atoms with E-state index in [0.29, 0.717) is 0 Å². The first-order valence-electron chi connectivity index (χ1n) is 22.7. The maximum absolute atomic E-state index is 6.72. The largest absolute Gasteiger partial charge is 0.456 e. The van der Waals surface area contributed by atoms with Gasteiger partial charge in [0.1, 0.15) is 11.2 Å². The lowest BCUT2D eigenvalue weighted by molar-refractivity contribution is 0.332. The monoisotopic (exact) mass is 808 g/mol. The summed E-state index contributed by atoms with van der Waals surface area (Å²) in [5.41, 5.74) is 25.3. The van der Waals surface area contributed by atoms with Crippen molar-refractivity contribution >= 4 is 79.2 Å². The van der Waals surface area contributed by atoms with E-state index in [1.54, 1.807) is 0 Å². The van der Waals surface area contributed by atoms with Gasteiger partial charge in [0.05, 0.1) is 11.1 Å². The molecule has 11 rings (SSSR count). The van der Waals surface area contributed by atoms with Crippen LogP contribution in [0, 0.1) is 27.7 Å². The van der Waals surface area contributed by atoms with Crippen LogP contribution in [0.2, 0.25) is 0 Å². The fraction of sp³-hybridized carbons (Fsp3) is 0.276. The molecule has 8 aromatic rings. The van der Waals surface area contributed by atoms with E-state index in [1.807, 2.05) is 0 Å². The van der Waals surface area contributed by atoms with E-state index in [0.717, 1.165) is 21.9 Å². The maximum Gasteiger partial charge on any atom is 0.252 e. The standard InChI is InChI=1S/C58H57BN2O/c1-34-17-12-14-21-45(34)61-49-31-38(52-35(2)18-16-19-36(52)3)30-48-54(49)59(43-24-26-51-53(55(43)61)40-20-13-15-22-50(40)62-51)44-32-39(56(5,6)7)23-25-46(44)60(48)47-33-42-41(29-37(47)4)57(8,9)27-28-58(42,10)11/h12-26,29-33H,27-28H2,1-11H3. The summed E-state index contributed by atoms with van der Waals surface area (Å²) >= 11 is 0. The second-order valence-corrected chi connectivity index (χ2v) is 21.0. The van der Waals surface area contributed by atoms with E-state index >= 15 is 0 Å². The normalized spacial score (nSPS) is 16.0. The summed E-state index contributed by atoms with van der Waals surface area (Å²) in [4.78, 5) is 5.26. The Kier molecular flexibility index (Phi) is 8.32. The van der Waals surface area contributed by atoms with Crippen molar-refractivity contribution in [2.45, 2.75) is 105 Å². The Bertz CT molecular complexity index is 3170. The molecule has 3 nitrogen and oxygen atoms in total. The SMILES string of the molecule is Cc1cc2c(cc1N1c3ccc(C(C)(C)C)cc3B3c4ccc5oc6ccccc6c5c4N(c4ccccc4C)c4cc(-c5c(C)cccc5C)cc1c43)C(C)(C)CCC2(C)C. The molecule has 0 saturated heterocycles. The molecular formula is C58H57BN2O. The minimum Gasteiger partial charge on any atom is -0.456 e. The molecule has 0 bridgehead atoms. The van der Waals surface area contributed by atoms with Gasteiger partial charge in [-0.05, 0) is 166 Å². The fourth-order valence-corrected chi connectivity index (χ4v) is 11.5. The highest BCUT2D eigenvalue weighted by molar-refractivity contribution is 7.00. The molecule has 0 atom stereocenters. The summed E-state index contributed by atoms with van der Waals surface area (Å²) < 4.78 is 6.72. The molecule has 7 aromatic carbocycles. The summed E-state index contributed by atoms with van der Waals surface area (Å²) in [6.45, 7) is 25.9. The highest BCUT2D eigenvalue weighted by atomic mass is 16.3. The lowest BCUT2D eigenvalue weighted by Crippen LogP contribution is -2.61. The molecule has 0 amide bonds. The van der Waals surface area contributed by atoms with E-state index in [9.17, 15) is 0 Å². The van der Waals surface area contributed by atoms with Gasteiger partial charge in [-0.3, -0.25) is 0 Å². The molecule has 3 aliphatic rings. The molecule has 0 fully saturated rings. The van der Waals surface area contributed by atoms with Gasteiger partial charge in [0.2, 0.25) is 0 Å². The van der Waals surface area contributed by atoms with E-state index in [1.165, 1.54) is 113 Å². The Labute approximate surface area is 368 Å². The van der Waals surface area contributed by atoms with Crippen LogP contribution in [0.15, 0.2) is 126 Å². The zero-order valence-electron chi connectivity index (χ0n) is 38.3. The molecule has 0 radical (unpaired) electrons. The molecule has 0 N–H and O–H groups in total. The average molecular weight is 809 g/mol. The topological polar surface area (TPSA) is 19.6 Å². The number of anilines is 6. The van der Waals surface area contributed by atoms with Gasteiger partial charge in [0, 0.05) is 33.8 Å². The van der Waals surface area contributed by atoms with Crippen molar-refractivity contribution in [1.82, 2.24) is 0 Å². The van der Waals surface area contributed by atoms with Crippen LogP contribution in [0.3, 0.4) is 0 Å². The number of fused-ring (bicyclic) bond motifs is 9. The first kappa shape index (κ1) is 38.9. The number of benzene rings is 7. The molecule has 0 unspecified atom stereocenters. The Hall–Kier alpha value is -6.00. The Morgan fingerprint density at radius 1 is 0.532 bits per heavy atom. The third-order valence-electron chi connectivity index (χ3n) is 15.0. The van der Waals surface area contributed by atoms with E-state index in [2.05, 4.69) is 207 Å². The first-order chi connectivity index (χ1) is 29.5. The summed E-state index contributed by atoms with van der Waals surface area (Å²) in [5.74, 6) is 0. The summed E-state index contributed by atoms with van der Waals surface area (Å²) in [6, 6.07) is 46.4. The van der Waals surface area contributed by atoms with Gasteiger partial charge in [0.25, 0.3) is 6.71 Å². The number of aryl methyl sites for hydroxylation is 4. The number of hydrogen-bond acceptors (Lipinski definition) is 3. The Morgan fingerprint density at radius 2 is 1.18 bits per heavy atom. The van der Waals surface area contributed by atoms with E-state index in [-0.39, 0.29) is 23.0 Å². The smallest absolute Gasteiger partial charge is 0.252 e. The van der Waals surface area contributed by atoms with Gasteiger partial charge < -0.3 is 14.2 Å². The number of rotatable bonds is 3. The number of hydrogen-bond donors (Lipinski definition) is 0. The minimum absolute atomic E-state index is 0.0257. The van der Waals surface area contributed by atoms with Gasteiger partial charge in [0.15, 0.2) is 0 Å². The van der Waals surface area contributed by atoms with E-state index < -0.39 is 0 Å². The van der Waals surface area contributed by atoms with Gasteiger partial charge >= 0.3 is 0 Å². The van der Waals surface area contributed by atoms with Crippen LogP contribution in [-0.2, 0) is 16.2 Å². The third kappa shape index (κ3) is 5.57. The second kappa shape index (κ2) is 13.3. The van der Waals surface area contributed by atoms with Gasteiger partial charge in [-0.25, -0.2) is 0 Å². The van der Waals surface area contributed by atoms with Crippen LogP contribution in [0.4, 0.5) is 34.1 Å². The molecule has 4 heteroatoms. The van der Waals surface area contributed by atoms with Crippen molar-refractivity contribution in [3.05, 3.63) is 160 Å². The highest BCUT2D eigenvalue weighted by Gasteiger charge is 2.46. The zero-order valence-corrected chi connectivity index (χ0v) is 38.3. The molecule has 0 spiro atoms. The maximum atomic E-state index is 6.72. The highest BCUT2D eigenvalue weighted by Crippen LogP contribution is 2.53. The van der Waals surface area contributed by atoms with Crippen molar-refractivity contribution < 1.29 is 4.42 Å². The predicted molar refractivity (Wildman–Crippen MR) is 266 cm³/mol. The molecule has 1 aromatic heterocycles. The quantitative estimate of drug-likeness (QED) is 0.166. The predicted octanol–water partition coefficient (Wildman–Crippen LogP) is 14.2. The van der Waals surface area contributed by atoms with Gasteiger partial charge in [-0.1, -0.05) is 127 Å². The van der Waals surface area contributed by atoms with Crippen molar-refractivity contribution in [3.8, 4) is 11.1 Å². The van der Waals surface area contributed by atoms with E-state index in [4.69, 9.17) is 4.42 Å². The lowest BCUT2D eigenvalue weighted by Gasteiger charge is -2.46. The van der Waals surface area contributed by atoms with Gasteiger partial charge in [-0.15, -0.1) is 0 Å². The van der Waals surface area contributed by atoms with Crippen molar-refractivity contribution in [1.29, 1.82) is 0 Å². The molecule has 308 valence electrons. The minimum atomic E-state index is -0.0398. The summed E-state index contributed by atoms with van der Waals surface area (Å²) in [6.07, 6.45) is 2.36. The van der Waals surface area contributed by atoms with Crippen molar-refractivity contribution in [2.24, 2.45) is 0 Å². The number of para-hydroxylation sites is 2. The van der Waals surface area contributed by atoms with Crippen LogP contribution in [0.5, 0.6) is 0 Å². The van der Waals surface area contributed by atoms with Gasteiger partial charge in [-0.2, -0.15) is 0 Å². The number of furan rings is 1. The second-order valence-electron chi connectivity index (χ2n) is 21.0. The van der Waals surface area contributed by atoms with Crippen molar-refractivity contribution in [3.63, 3.8) is 0 Å². The third-order valence-corrected chi connectivity index (χ3v) is 15.0. The zero-order chi connectivity index (χ0) is 43.2. The van der Waals surface area contributed by atoms with Crippen LogP contribution >= 0.6 is 0 Å². The summed E-state index contributed by atoms with van der Waals surface area (Å²) in [5, 5.41) is 2.31. The molecule has 62 heavy (non-hydrogen) atoms. The van der Waals surface area contributed by atoms with Crippen LogP contribution in [0.1, 0.15) is 100 Å². The number of nitrogens with zero attached hydrogens (tertiary/aromatic N) is 2. The Morgan fingerprint density at radius 3 is 1.89 bits per heavy atom. The lowest BCUT2D eigenvalue weighted by atomic mass is 9.33. The van der Waals surface area contributed by atoms with Crippen LogP contribution < -0.4 is 26.2 Å². The summed E-state index contributed by atoms with van der Waals surface area (Å²) in [7, 11) is 0. The molecular weight excluding hydrogens is 751 g/mol. The van der Waals surface area contributed by atoms with Crippen LogP contribution in [-0.4, -0.2) is 6.71 Å².